The smallest absolute Gasteiger partial charge is 0.0707 e. The van der Waals surface area contributed by atoms with Crippen LogP contribution in [0.2, 0.25) is 0 Å². The number of thiol groups is 1. The Bertz CT molecular complexity index is 227. The van der Waals surface area contributed by atoms with E-state index in [9.17, 15) is 0 Å². The molecule has 0 radical (unpaired) electrons. The summed E-state index contributed by atoms with van der Waals surface area (Å²) in [5.74, 6) is 1.66. The van der Waals surface area contributed by atoms with Gasteiger partial charge in [-0.25, -0.2) is 0 Å². The molecule has 3 heteroatoms. The summed E-state index contributed by atoms with van der Waals surface area (Å²) < 4.78 is 5.87. The molecule has 0 N–H and O–H groups in total. The van der Waals surface area contributed by atoms with Crippen LogP contribution in [0.1, 0.15) is 33.6 Å². The topological polar surface area (TPSA) is 12.5 Å². The second-order valence-electron chi connectivity index (χ2n) is 6.42. The first kappa shape index (κ1) is 12.7. The molecule has 94 valence electrons. The minimum atomic E-state index is 0.360. The second-order valence-corrected chi connectivity index (χ2v) is 6.79. The number of fused-ring (bicyclic) bond motifs is 2. The Balaban J connectivity index is 1.89. The first-order valence-corrected chi connectivity index (χ1v) is 7.11. The van der Waals surface area contributed by atoms with Crippen LogP contribution in [0.4, 0.5) is 0 Å². The zero-order valence-corrected chi connectivity index (χ0v) is 11.7. The number of hydrogen-bond donors (Lipinski definition) is 1. The molecule has 2 fully saturated rings. The van der Waals surface area contributed by atoms with Gasteiger partial charge in [0, 0.05) is 19.6 Å². The molecule has 3 unspecified atom stereocenters. The van der Waals surface area contributed by atoms with Crippen molar-refractivity contribution >= 4 is 12.6 Å². The first-order valence-electron chi connectivity index (χ1n) is 6.47. The van der Waals surface area contributed by atoms with Crippen LogP contribution >= 0.6 is 12.6 Å². The second kappa shape index (κ2) is 4.87. The van der Waals surface area contributed by atoms with E-state index >= 15 is 0 Å². The Labute approximate surface area is 105 Å². The van der Waals surface area contributed by atoms with Crippen molar-refractivity contribution in [3.05, 3.63) is 0 Å². The van der Waals surface area contributed by atoms with E-state index in [-0.39, 0.29) is 0 Å². The van der Waals surface area contributed by atoms with Gasteiger partial charge in [0.1, 0.15) is 0 Å². The maximum atomic E-state index is 5.87. The van der Waals surface area contributed by atoms with E-state index in [1.165, 1.54) is 19.4 Å². The lowest BCUT2D eigenvalue weighted by atomic mass is 9.81. The number of likely N-dealkylation sites (tertiary alicyclic amines) is 1. The average Bonchev–Trinajstić information content (AvgIpc) is 2.53. The molecule has 0 aromatic carbocycles. The highest BCUT2D eigenvalue weighted by atomic mass is 32.1. The third-order valence-electron chi connectivity index (χ3n) is 4.04. The molecule has 2 saturated heterocycles. The minimum Gasteiger partial charge on any atom is -0.372 e. The Hall–Kier alpha value is 0.270. The largest absolute Gasteiger partial charge is 0.372 e. The van der Waals surface area contributed by atoms with Crippen LogP contribution in [0, 0.1) is 11.3 Å². The summed E-state index contributed by atoms with van der Waals surface area (Å²) in [4.78, 5) is 2.60. The van der Waals surface area contributed by atoms with Crippen LogP contribution in [0.25, 0.3) is 0 Å². The van der Waals surface area contributed by atoms with E-state index in [1.807, 2.05) is 0 Å². The Kier molecular flexibility index (Phi) is 3.87. The van der Waals surface area contributed by atoms with E-state index in [2.05, 4.69) is 38.3 Å². The molecule has 3 atom stereocenters. The van der Waals surface area contributed by atoms with E-state index < -0.39 is 0 Å². The van der Waals surface area contributed by atoms with E-state index in [1.54, 1.807) is 0 Å². The third-order valence-corrected chi connectivity index (χ3v) is 4.48. The molecule has 2 aliphatic rings. The quantitative estimate of drug-likeness (QED) is 0.764. The normalized spacial score (nSPS) is 33.0. The predicted octanol–water partition coefficient (Wildman–Crippen LogP) is 2.44. The Morgan fingerprint density at radius 3 is 2.25 bits per heavy atom. The molecule has 0 aromatic rings. The highest BCUT2D eigenvalue weighted by molar-refractivity contribution is 7.80. The van der Waals surface area contributed by atoms with Gasteiger partial charge in [-0.05, 0) is 29.9 Å². The maximum absolute atomic E-state index is 5.87. The molecule has 0 aromatic heterocycles. The van der Waals surface area contributed by atoms with E-state index in [4.69, 9.17) is 4.74 Å². The summed E-state index contributed by atoms with van der Waals surface area (Å²) in [5.41, 5.74) is 0.360. The fraction of sp³-hybridized carbons (Fsp3) is 1.00. The van der Waals surface area contributed by atoms with Crippen molar-refractivity contribution in [3.8, 4) is 0 Å². The molecular weight excluding hydrogens is 218 g/mol. The summed E-state index contributed by atoms with van der Waals surface area (Å²) in [5, 5.41) is 0. The Morgan fingerprint density at radius 2 is 1.81 bits per heavy atom. The van der Waals surface area contributed by atoms with Crippen molar-refractivity contribution in [2.45, 2.75) is 45.8 Å². The standard InChI is InChI=1S/C13H25NOS/c1-13(2,3)10(9-16)6-14-7-11-4-5-12(8-14)15-11/h10-12,16H,4-9H2,1-3H3. The van der Waals surface area contributed by atoms with Crippen molar-refractivity contribution in [2.75, 3.05) is 25.4 Å². The molecule has 0 spiro atoms. The SMILES string of the molecule is CC(C)(C)C(CS)CN1CC2CCC(C1)O2. The van der Waals surface area contributed by atoms with Crippen molar-refractivity contribution < 1.29 is 4.74 Å². The third kappa shape index (κ3) is 2.93. The molecule has 0 amide bonds. The van der Waals surface area contributed by atoms with Gasteiger partial charge < -0.3 is 4.74 Å². The number of morpholine rings is 1. The molecule has 2 rings (SSSR count). The lowest BCUT2D eigenvalue weighted by Crippen LogP contribution is -2.46. The maximum Gasteiger partial charge on any atom is 0.0707 e. The molecule has 2 nitrogen and oxygen atoms in total. The van der Waals surface area contributed by atoms with Gasteiger partial charge in [-0.2, -0.15) is 12.6 Å². The first-order chi connectivity index (χ1) is 7.49. The summed E-state index contributed by atoms with van der Waals surface area (Å²) in [6.45, 7) is 10.4. The zero-order valence-electron chi connectivity index (χ0n) is 10.8. The lowest BCUT2D eigenvalue weighted by Gasteiger charge is -2.38. The van der Waals surface area contributed by atoms with Gasteiger partial charge in [0.2, 0.25) is 0 Å². The molecule has 0 aliphatic carbocycles. The van der Waals surface area contributed by atoms with Crippen LogP contribution < -0.4 is 0 Å². The number of rotatable bonds is 3. The van der Waals surface area contributed by atoms with Gasteiger partial charge in [-0.15, -0.1) is 0 Å². The minimum absolute atomic E-state index is 0.360. The van der Waals surface area contributed by atoms with Crippen molar-refractivity contribution in [3.63, 3.8) is 0 Å². The lowest BCUT2D eigenvalue weighted by molar-refractivity contribution is -0.0460. The molecule has 2 aliphatic heterocycles. The number of hydrogen-bond acceptors (Lipinski definition) is 3. The highest BCUT2D eigenvalue weighted by Gasteiger charge is 2.35. The van der Waals surface area contributed by atoms with Gasteiger partial charge in [0.05, 0.1) is 12.2 Å². The molecule has 2 bridgehead atoms. The van der Waals surface area contributed by atoms with Crippen molar-refractivity contribution in [1.29, 1.82) is 0 Å². The van der Waals surface area contributed by atoms with Crippen LogP contribution in [-0.2, 0) is 4.74 Å². The number of nitrogens with zero attached hydrogens (tertiary/aromatic N) is 1. The summed E-state index contributed by atoms with van der Waals surface area (Å²) in [7, 11) is 0. The van der Waals surface area contributed by atoms with Crippen LogP contribution in [0.3, 0.4) is 0 Å². The highest BCUT2D eigenvalue weighted by Crippen LogP contribution is 2.31. The van der Waals surface area contributed by atoms with Gasteiger partial charge in [0.15, 0.2) is 0 Å². The van der Waals surface area contributed by atoms with E-state index in [0.717, 1.165) is 18.8 Å². The average molecular weight is 243 g/mol. The fourth-order valence-electron chi connectivity index (χ4n) is 2.77. The zero-order chi connectivity index (χ0) is 11.8. The fourth-order valence-corrected chi connectivity index (χ4v) is 3.43. The van der Waals surface area contributed by atoms with Crippen molar-refractivity contribution in [1.82, 2.24) is 4.90 Å². The van der Waals surface area contributed by atoms with E-state index in [0.29, 0.717) is 23.5 Å². The van der Waals surface area contributed by atoms with Crippen LogP contribution in [0.5, 0.6) is 0 Å². The molecular formula is C13H25NOS. The predicted molar refractivity (Wildman–Crippen MR) is 71.1 cm³/mol. The summed E-state index contributed by atoms with van der Waals surface area (Å²) >= 11 is 4.51. The van der Waals surface area contributed by atoms with Gasteiger partial charge in [-0.3, -0.25) is 4.90 Å². The van der Waals surface area contributed by atoms with Gasteiger partial charge in [-0.1, -0.05) is 20.8 Å². The van der Waals surface area contributed by atoms with Crippen LogP contribution in [0.15, 0.2) is 0 Å². The van der Waals surface area contributed by atoms with Gasteiger partial charge >= 0.3 is 0 Å². The monoisotopic (exact) mass is 243 g/mol. The molecule has 2 heterocycles. The summed E-state index contributed by atoms with van der Waals surface area (Å²) in [6, 6.07) is 0. The molecule has 0 saturated carbocycles. The Morgan fingerprint density at radius 1 is 1.25 bits per heavy atom. The summed E-state index contributed by atoms with van der Waals surface area (Å²) in [6.07, 6.45) is 3.56. The van der Waals surface area contributed by atoms with Crippen LogP contribution in [-0.4, -0.2) is 42.5 Å². The number of ether oxygens (including phenoxy) is 1. The van der Waals surface area contributed by atoms with Crippen molar-refractivity contribution in [2.24, 2.45) is 11.3 Å². The molecule has 16 heavy (non-hydrogen) atoms. The van der Waals surface area contributed by atoms with Gasteiger partial charge in [0.25, 0.3) is 0 Å².